The Morgan fingerprint density at radius 1 is 1.16 bits per heavy atom. The van der Waals surface area contributed by atoms with Gasteiger partial charge in [-0.2, -0.15) is 4.31 Å². The third kappa shape index (κ3) is 5.20. The number of nitrogens with zero attached hydrogens (tertiary/aromatic N) is 5. The highest BCUT2D eigenvalue weighted by Crippen LogP contribution is 2.32. The number of rotatable bonds is 10. The van der Waals surface area contributed by atoms with Gasteiger partial charge in [0, 0.05) is 31.7 Å². The zero-order chi connectivity index (χ0) is 27.4. The minimum absolute atomic E-state index is 0.119. The Hall–Kier alpha value is -3.22. The van der Waals surface area contributed by atoms with E-state index >= 15 is 0 Å². The normalized spacial score (nSPS) is 15.6. The second kappa shape index (κ2) is 11.7. The van der Waals surface area contributed by atoms with E-state index in [9.17, 15) is 18.4 Å². The fourth-order valence-electron chi connectivity index (χ4n) is 5.04. The Kier molecular flexibility index (Phi) is 8.54. The molecule has 1 aliphatic rings. The molecule has 0 bridgehead atoms. The van der Waals surface area contributed by atoms with E-state index in [2.05, 4.69) is 22.0 Å². The number of aryl methyl sites for hydroxylation is 2. The number of fused-ring (bicyclic) bond motifs is 1. The van der Waals surface area contributed by atoms with Crippen molar-refractivity contribution in [1.29, 1.82) is 0 Å². The van der Waals surface area contributed by atoms with Gasteiger partial charge in [-0.05, 0) is 57.0 Å². The minimum Gasteiger partial charge on any atom is -0.493 e. The summed E-state index contributed by atoms with van der Waals surface area (Å²) < 4.78 is 36.0. The number of oxime groups is 1. The van der Waals surface area contributed by atoms with Gasteiger partial charge in [0.05, 0.1) is 29.0 Å². The number of aromatic amines is 1. The maximum Gasteiger partial charge on any atom is 0.275 e. The van der Waals surface area contributed by atoms with E-state index in [-0.39, 0.29) is 16.3 Å². The van der Waals surface area contributed by atoms with Crippen LogP contribution < -0.4 is 10.3 Å². The van der Waals surface area contributed by atoms with Crippen molar-refractivity contribution in [3.63, 3.8) is 0 Å². The van der Waals surface area contributed by atoms with Crippen molar-refractivity contribution in [3.05, 3.63) is 45.4 Å². The predicted molar refractivity (Wildman–Crippen MR) is 146 cm³/mol. The van der Waals surface area contributed by atoms with Gasteiger partial charge in [0.25, 0.3) is 5.56 Å². The number of aromatic nitrogens is 3. The van der Waals surface area contributed by atoms with E-state index in [1.165, 1.54) is 22.7 Å². The van der Waals surface area contributed by atoms with Crippen LogP contribution in [0.2, 0.25) is 0 Å². The van der Waals surface area contributed by atoms with Gasteiger partial charge in [-0.3, -0.25) is 4.79 Å². The van der Waals surface area contributed by atoms with Crippen molar-refractivity contribution in [2.24, 2.45) is 5.16 Å². The first-order chi connectivity index (χ1) is 18.3. The highest BCUT2D eigenvalue weighted by molar-refractivity contribution is 7.89. The Labute approximate surface area is 222 Å². The van der Waals surface area contributed by atoms with Crippen molar-refractivity contribution >= 4 is 21.8 Å². The first kappa shape index (κ1) is 27.8. The molecular weight excluding hydrogens is 508 g/mol. The molecule has 0 atom stereocenters. The lowest BCUT2D eigenvalue weighted by molar-refractivity contribution is 0.188. The number of hydrogen-bond donors (Lipinski definition) is 2. The van der Waals surface area contributed by atoms with Gasteiger partial charge in [0.1, 0.15) is 11.3 Å². The van der Waals surface area contributed by atoms with Gasteiger partial charge >= 0.3 is 0 Å². The molecular formula is C26H36N6O5S. The molecule has 3 heterocycles. The Morgan fingerprint density at radius 3 is 2.53 bits per heavy atom. The van der Waals surface area contributed by atoms with E-state index in [4.69, 9.17) is 9.84 Å². The van der Waals surface area contributed by atoms with Crippen LogP contribution in [0.4, 0.5) is 0 Å². The quantitative estimate of drug-likeness (QED) is 0.228. The number of sulfonamides is 1. The zero-order valence-electron chi connectivity index (χ0n) is 22.4. The summed E-state index contributed by atoms with van der Waals surface area (Å²) in [6, 6.07) is 4.67. The summed E-state index contributed by atoms with van der Waals surface area (Å²) in [5, 5.41) is 17.1. The summed E-state index contributed by atoms with van der Waals surface area (Å²) in [5.41, 5.74) is 2.35. The lowest BCUT2D eigenvalue weighted by Gasteiger charge is -2.33. The molecule has 1 aromatic carbocycles. The van der Waals surface area contributed by atoms with Crippen molar-refractivity contribution in [1.82, 2.24) is 23.8 Å². The van der Waals surface area contributed by atoms with Gasteiger partial charge in [0.2, 0.25) is 10.0 Å². The Balaban J connectivity index is 1.83. The molecule has 0 unspecified atom stereocenters. The minimum atomic E-state index is -3.76. The molecule has 4 rings (SSSR count). The van der Waals surface area contributed by atoms with Crippen LogP contribution in [0.1, 0.15) is 50.4 Å². The summed E-state index contributed by atoms with van der Waals surface area (Å²) in [6.07, 6.45) is 3.72. The molecule has 2 N–H and O–H groups in total. The van der Waals surface area contributed by atoms with Crippen LogP contribution in [-0.2, 0) is 16.4 Å². The topological polar surface area (TPSA) is 133 Å². The number of ether oxygens (including phenoxy) is 1. The fourth-order valence-corrected chi connectivity index (χ4v) is 6.49. The Bertz CT molecular complexity index is 1490. The molecule has 12 heteroatoms. The first-order valence-electron chi connectivity index (χ1n) is 13.1. The van der Waals surface area contributed by atoms with E-state index in [1.807, 2.05) is 13.8 Å². The average molecular weight is 545 g/mol. The summed E-state index contributed by atoms with van der Waals surface area (Å²) in [4.78, 5) is 18.5. The van der Waals surface area contributed by atoms with Gasteiger partial charge in [-0.25, -0.2) is 12.9 Å². The second-order valence-electron chi connectivity index (χ2n) is 9.38. The third-order valence-electron chi connectivity index (χ3n) is 6.87. The first-order valence-corrected chi connectivity index (χ1v) is 14.5. The number of H-pyrrole nitrogens is 1. The summed E-state index contributed by atoms with van der Waals surface area (Å²) in [6.45, 7) is 11.3. The van der Waals surface area contributed by atoms with Crippen LogP contribution in [0, 0.1) is 6.92 Å². The molecule has 3 aromatic rings. The SMILES string of the molecule is CCCc1c(/C=N/O)c(C)c2c(=O)[nH]c(-c3cc(S(=O)(=O)N4CCN(CCC)CC4)ccc3OCC)nn12. The van der Waals surface area contributed by atoms with Crippen LogP contribution in [-0.4, -0.2) is 83.0 Å². The molecule has 2 aromatic heterocycles. The van der Waals surface area contributed by atoms with Gasteiger partial charge in [0.15, 0.2) is 5.82 Å². The molecule has 0 saturated carbocycles. The number of benzene rings is 1. The maximum absolute atomic E-state index is 13.6. The van der Waals surface area contributed by atoms with Crippen molar-refractivity contribution in [2.45, 2.75) is 51.9 Å². The van der Waals surface area contributed by atoms with Gasteiger partial charge in [-0.15, -0.1) is 5.10 Å². The predicted octanol–water partition coefficient (Wildman–Crippen LogP) is 2.87. The molecule has 1 saturated heterocycles. The number of hydrogen-bond acceptors (Lipinski definition) is 8. The molecule has 0 radical (unpaired) electrons. The number of piperazine rings is 1. The van der Waals surface area contributed by atoms with Crippen LogP contribution in [0.5, 0.6) is 5.75 Å². The lowest BCUT2D eigenvalue weighted by atomic mass is 10.1. The summed E-state index contributed by atoms with van der Waals surface area (Å²) >= 11 is 0. The van der Waals surface area contributed by atoms with Gasteiger partial charge in [-0.1, -0.05) is 25.4 Å². The highest BCUT2D eigenvalue weighted by atomic mass is 32.2. The van der Waals surface area contributed by atoms with Crippen molar-refractivity contribution in [3.8, 4) is 17.1 Å². The molecule has 11 nitrogen and oxygen atoms in total. The smallest absolute Gasteiger partial charge is 0.275 e. The van der Waals surface area contributed by atoms with Crippen molar-refractivity contribution in [2.75, 3.05) is 39.3 Å². The molecule has 206 valence electrons. The van der Waals surface area contributed by atoms with Crippen molar-refractivity contribution < 1.29 is 18.4 Å². The van der Waals surface area contributed by atoms with E-state index in [0.29, 0.717) is 67.2 Å². The number of nitrogens with one attached hydrogen (secondary N) is 1. The van der Waals surface area contributed by atoms with Crippen LogP contribution in [0.3, 0.4) is 0 Å². The van der Waals surface area contributed by atoms with Crippen LogP contribution in [0.15, 0.2) is 33.0 Å². The standard InChI is InChI=1S/C26H36N6O5S/c1-5-8-22-21(17-27-34)18(4)24-26(33)28-25(29-32(22)24)20-16-19(9-10-23(20)37-7-3)38(35,36)31-14-12-30(11-6-2)13-15-31/h9-10,16-17,34H,5-8,11-15H2,1-4H3,(H,28,29,33)/b27-17+. The summed E-state index contributed by atoms with van der Waals surface area (Å²) in [5.74, 6) is 0.607. The van der Waals surface area contributed by atoms with Gasteiger partial charge < -0.3 is 19.8 Å². The molecule has 1 fully saturated rings. The molecule has 38 heavy (non-hydrogen) atoms. The zero-order valence-corrected chi connectivity index (χ0v) is 23.2. The molecule has 0 aliphatic carbocycles. The molecule has 0 amide bonds. The maximum atomic E-state index is 13.6. The second-order valence-corrected chi connectivity index (χ2v) is 11.3. The monoisotopic (exact) mass is 544 g/mol. The van der Waals surface area contributed by atoms with E-state index in [0.717, 1.165) is 25.1 Å². The Morgan fingerprint density at radius 2 is 1.89 bits per heavy atom. The van der Waals surface area contributed by atoms with E-state index < -0.39 is 10.0 Å². The van der Waals surface area contributed by atoms with Crippen LogP contribution in [0.25, 0.3) is 16.9 Å². The third-order valence-corrected chi connectivity index (χ3v) is 8.77. The molecule has 1 aliphatic heterocycles. The molecule has 0 spiro atoms. The lowest BCUT2D eigenvalue weighted by Crippen LogP contribution is -2.48. The largest absolute Gasteiger partial charge is 0.493 e. The fraction of sp³-hybridized carbons (Fsp3) is 0.500. The summed E-state index contributed by atoms with van der Waals surface area (Å²) in [7, 11) is -3.76. The highest BCUT2D eigenvalue weighted by Gasteiger charge is 2.29. The van der Waals surface area contributed by atoms with Crippen LogP contribution >= 0.6 is 0 Å². The van der Waals surface area contributed by atoms with E-state index in [1.54, 1.807) is 17.5 Å². The average Bonchev–Trinajstić information content (AvgIpc) is 3.16.